The van der Waals surface area contributed by atoms with E-state index in [0.717, 1.165) is 18.4 Å². The molecule has 9 heteroatoms. The van der Waals surface area contributed by atoms with Gasteiger partial charge in [0.1, 0.15) is 5.75 Å². The van der Waals surface area contributed by atoms with Crippen LogP contribution in [0.15, 0.2) is 42.6 Å². The lowest BCUT2D eigenvalue weighted by Crippen LogP contribution is -2.46. The molecule has 1 aromatic heterocycles. The van der Waals surface area contributed by atoms with Crippen LogP contribution in [0.5, 0.6) is 11.6 Å². The van der Waals surface area contributed by atoms with Crippen molar-refractivity contribution >= 4 is 17.6 Å². The molecule has 1 aliphatic carbocycles. The zero-order chi connectivity index (χ0) is 28.3. The van der Waals surface area contributed by atoms with Crippen LogP contribution in [0.2, 0.25) is 0 Å². The van der Waals surface area contributed by atoms with Gasteiger partial charge in [0.05, 0.1) is 31.2 Å². The van der Waals surface area contributed by atoms with Gasteiger partial charge >= 0.3 is 5.97 Å². The molecule has 1 fully saturated rings. The smallest absolute Gasteiger partial charge is 0.330 e. The van der Waals surface area contributed by atoms with Gasteiger partial charge in [-0.2, -0.15) is 0 Å². The van der Waals surface area contributed by atoms with Gasteiger partial charge in [0.15, 0.2) is 6.04 Å². The highest BCUT2D eigenvalue weighted by molar-refractivity contribution is 5.84. The standard InChI is InChI=1S/C30H44N4O5/c1-30(2,3)38-20-26(29(36)37-4)34-27(35)16-15-25(21-11-7-5-8-12-21)32-18-22-17-28(33-19-24(22)31)39-23-13-9-6-10-14-23/h6,9-10,13-14,17,19,21,25-26,32H,5,7-8,11-12,15-16,18,20,31H2,1-4H3,(H,34,35)/t25-,26?/m1/s1. The molecule has 214 valence electrons. The van der Waals surface area contributed by atoms with Crippen LogP contribution < -0.4 is 21.1 Å². The molecule has 0 radical (unpaired) electrons. The Bertz CT molecular complexity index is 1050. The average molecular weight is 541 g/mol. The largest absolute Gasteiger partial charge is 0.467 e. The molecule has 0 saturated heterocycles. The fraction of sp³-hybridized carbons (Fsp3) is 0.567. The van der Waals surface area contributed by atoms with Gasteiger partial charge in [0.25, 0.3) is 0 Å². The Kier molecular flexibility index (Phi) is 11.6. The summed E-state index contributed by atoms with van der Waals surface area (Å²) in [4.78, 5) is 29.4. The minimum Gasteiger partial charge on any atom is -0.467 e. The molecule has 9 nitrogen and oxygen atoms in total. The number of esters is 1. The molecular weight excluding hydrogens is 496 g/mol. The Morgan fingerprint density at radius 3 is 2.51 bits per heavy atom. The number of nitrogens with one attached hydrogen (secondary N) is 2. The van der Waals surface area contributed by atoms with E-state index in [1.54, 1.807) is 6.20 Å². The van der Waals surface area contributed by atoms with Crippen molar-refractivity contribution in [1.82, 2.24) is 15.6 Å². The second-order valence-corrected chi connectivity index (χ2v) is 11.1. The SMILES string of the molecule is COC(=O)C(COC(C)(C)C)NC(=O)CC[C@@H](NCc1cc(Oc2ccccc2)ncc1N)C1CCCCC1. The van der Waals surface area contributed by atoms with E-state index in [2.05, 4.69) is 15.6 Å². The molecule has 2 aromatic rings. The minimum atomic E-state index is -0.845. The number of pyridine rings is 1. The summed E-state index contributed by atoms with van der Waals surface area (Å²) < 4.78 is 16.5. The summed E-state index contributed by atoms with van der Waals surface area (Å²) in [5.41, 5.74) is 7.29. The Labute approximate surface area is 232 Å². The van der Waals surface area contributed by atoms with Crippen molar-refractivity contribution in [2.75, 3.05) is 19.5 Å². The van der Waals surface area contributed by atoms with E-state index in [0.29, 0.717) is 36.2 Å². The fourth-order valence-corrected chi connectivity index (χ4v) is 4.78. The maximum atomic E-state index is 12.9. The molecule has 4 N–H and O–H groups in total. The molecule has 0 spiro atoms. The van der Waals surface area contributed by atoms with Crippen molar-refractivity contribution < 1.29 is 23.8 Å². The van der Waals surface area contributed by atoms with Gasteiger partial charge in [-0.15, -0.1) is 0 Å². The van der Waals surface area contributed by atoms with E-state index in [4.69, 9.17) is 19.9 Å². The van der Waals surface area contributed by atoms with Gasteiger partial charge in [-0.3, -0.25) is 4.79 Å². The first-order valence-corrected chi connectivity index (χ1v) is 13.9. The van der Waals surface area contributed by atoms with Gasteiger partial charge in [0.2, 0.25) is 11.8 Å². The predicted octanol–water partition coefficient (Wildman–Crippen LogP) is 4.75. The van der Waals surface area contributed by atoms with E-state index >= 15 is 0 Å². The number of hydrogen-bond donors (Lipinski definition) is 3. The topological polar surface area (TPSA) is 125 Å². The number of benzene rings is 1. The summed E-state index contributed by atoms with van der Waals surface area (Å²) in [6, 6.07) is 10.6. The molecule has 0 aliphatic heterocycles. The number of para-hydroxylation sites is 1. The van der Waals surface area contributed by atoms with Crippen molar-refractivity contribution in [2.24, 2.45) is 5.92 Å². The number of carbonyl (C=O) groups is 2. The zero-order valence-electron chi connectivity index (χ0n) is 23.7. The highest BCUT2D eigenvalue weighted by Crippen LogP contribution is 2.29. The Balaban J connectivity index is 1.62. The molecule has 0 bridgehead atoms. The second-order valence-electron chi connectivity index (χ2n) is 11.1. The minimum absolute atomic E-state index is 0.0565. The number of methoxy groups -OCH3 is 1. The second kappa shape index (κ2) is 14.8. The number of aromatic nitrogens is 1. The van der Waals surface area contributed by atoms with E-state index in [9.17, 15) is 9.59 Å². The van der Waals surface area contributed by atoms with Gasteiger partial charge in [0, 0.05) is 25.1 Å². The van der Waals surface area contributed by atoms with Crippen LogP contribution in [-0.4, -0.2) is 48.3 Å². The maximum Gasteiger partial charge on any atom is 0.330 e. The number of nitrogen functional groups attached to an aromatic ring is 1. The highest BCUT2D eigenvalue weighted by Gasteiger charge is 2.27. The number of amides is 1. The summed E-state index contributed by atoms with van der Waals surface area (Å²) in [5, 5.41) is 6.47. The summed E-state index contributed by atoms with van der Waals surface area (Å²) in [5.74, 6) is 0.934. The summed E-state index contributed by atoms with van der Waals surface area (Å²) in [6.07, 6.45) is 8.41. The van der Waals surface area contributed by atoms with Crippen molar-refractivity contribution in [3.05, 3.63) is 48.2 Å². The number of hydrogen-bond acceptors (Lipinski definition) is 8. The lowest BCUT2D eigenvalue weighted by molar-refractivity contribution is -0.148. The third-order valence-electron chi connectivity index (χ3n) is 6.92. The molecule has 1 unspecified atom stereocenters. The Morgan fingerprint density at radius 1 is 1.13 bits per heavy atom. The lowest BCUT2D eigenvalue weighted by atomic mass is 9.82. The molecule has 1 heterocycles. The molecule has 1 amide bonds. The third-order valence-corrected chi connectivity index (χ3v) is 6.92. The monoisotopic (exact) mass is 540 g/mol. The Hall–Kier alpha value is -3.17. The summed E-state index contributed by atoms with van der Waals surface area (Å²) in [7, 11) is 1.31. The van der Waals surface area contributed by atoms with Crippen LogP contribution in [-0.2, 0) is 25.6 Å². The van der Waals surface area contributed by atoms with E-state index in [-0.39, 0.29) is 25.0 Å². The molecule has 1 aliphatic rings. The summed E-state index contributed by atoms with van der Waals surface area (Å²) >= 11 is 0. The van der Waals surface area contributed by atoms with Gasteiger partial charge in [-0.05, 0) is 63.6 Å². The van der Waals surface area contributed by atoms with E-state index in [1.165, 1.54) is 26.4 Å². The van der Waals surface area contributed by atoms with E-state index in [1.807, 2.05) is 57.2 Å². The van der Waals surface area contributed by atoms with Crippen molar-refractivity contribution in [3.63, 3.8) is 0 Å². The van der Waals surface area contributed by atoms with Crippen LogP contribution in [0.1, 0.15) is 71.3 Å². The zero-order valence-corrected chi connectivity index (χ0v) is 23.7. The third kappa shape index (κ3) is 10.5. The van der Waals surface area contributed by atoms with Gasteiger partial charge in [-0.1, -0.05) is 37.5 Å². The average Bonchev–Trinajstić information content (AvgIpc) is 2.92. The van der Waals surface area contributed by atoms with Crippen LogP contribution in [0.3, 0.4) is 0 Å². The number of rotatable bonds is 13. The van der Waals surface area contributed by atoms with Crippen LogP contribution in [0.4, 0.5) is 5.69 Å². The first-order chi connectivity index (χ1) is 18.6. The van der Waals surface area contributed by atoms with E-state index < -0.39 is 17.6 Å². The molecule has 3 rings (SSSR count). The van der Waals surface area contributed by atoms with Crippen molar-refractivity contribution in [3.8, 4) is 11.6 Å². The first kappa shape index (κ1) is 30.4. The first-order valence-electron chi connectivity index (χ1n) is 13.9. The number of nitrogens with zero attached hydrogens (tertiary/aromatic N) is 1. The fourth-order valence-electron chi connectivity index (χ4n) is 4.78. The van der Waals surface area contributed by atoms with Gasteiger partial charge < -0.3 is 30.6 Å². The summed E-state index contributed by atoms with van der Waals surface area (Å²) in [6.45, 7) is 6.29. The lowest BCUT2D eigenvalue weighted by Gasteiger charge is -2.31. The molecule has 39 heavy (non-hydrogen) atoms. The van der Waals surface area contributed by atoms with Gasteiger partial charge in [-0.25, -0.2) is 9.78 Å². The maximum absolute atomic E-state index is 12.9. The van der Waals surface area contributed by atoms with Crippen molar-refractivity contribution in [2.45, 2.75) is 89.9 Å². The van der Waals surface area contributed by atoms with Crippen LogP contribution in [0.25, 0.3) is 0 Å². The highest BCUT2D eigenvalue weighted by atomic mass is 16.5. The number of carbonyl (C=O) groups excluding carboxylic acids is 2. The Morgan fingerprint density at radius 2 is 1.85 bits per heavy atom. The molecule has 2 atom stereocenters. The number of nitrogens with two attached hydrogens (primary N) is 1. The predicted molar refractivity (Wildman–Crippen MR) is 151 cm³/mol. The normalized spacial score (nSPS) is 15.8. The molecule has 1 aromatic carbocycles. The number of ether oxygens (including phenoxy) is 3. The molecular formula is C30H44N4O5. The number of anilines is 1. The van der Waals surface area contributed by atoms with Crippen LogP contribution in [0, 0.1) is 5.92 Å². The molecule has 1 saturated carbocycles. The van der Waals surface area contributed by atoms with Crippen LogP contribution >= 0.6 is 0 Å². The quantitative estimate of drug-likeness (QED) is 0.311. The van der Waals surface area contributed by atoms with Crippen molar-refractivity contribution in [1.29, 1.82) is 0 Å².